The minimum Gasteiger partial charge on any atom is -0.480 e. The molecule has 0 bridgehead atoms. The molecule has 0 aliphatic carbocycles. The highest BCUT2D eigenvalue weighted by molar-refractivity contribution is 6.01. The molecule has 2 rings (SSSR count). The number of quaternary nitrogens is 1. The number of hydrogen-bond acceptors (Lipinski definition) is 4. The van der Waals surface area contributed by atoms with E-state index >= 15 is 0 Å². The number of carbonyl (C=O) groups excluding carboxylic acids is 1. The predicted molar refractivity (Wildman–Crippen MR) is 94.8 cm³/mol. The van der Waals surface area contributed by atoms with Crippen LogP contribution in [-0.4, -0.2) is 36.1 Å². The van der Waals surface area contributed by atoms with Crippen molar-refractivity contribution in [3.05, 3.63) is 36.0 Å². The second-order valence-electron chi connectivity index (χ2n) is 6.97. The number of amides is 1. The van der Waals surface area contributed by atoms with Gasteiger partial charge in [-0.1, -0.05) is 26.0 Å². The number of carbonyl (C=O) groups is 2. The zero-order chi connectivity index (χ0) is 18.1. The molecule has 1 amide bonds. The van der Waals surface area contributed by atoms with Gasteiger partial charge in [0.25, 0.3) is 0 Å². The van der Waals surface area contributed by atoms with Crippen molar-refractivity contribution < 1.29 is 14.7 Å². The summed E-state index contributed by atoms with van der Waals surface area (Å²) >= 11 is 0. The van der Waals surface area contributed by atoms with Crippen molar-refractivity contribution in [2.24, 2.45) is 17.4 Å². The molecule has 0 radical (unpaired) electrons. The molecule has 6 heteroatoms. The van der Waals surface area contributed by atoms with Crippen molar-refractivity contribution in [2.75, 3.05) is 7.05 Å². The van der Waals surface area contributed by atoms with Gasteiger partial charge in [0.05, 0.1) is 7.05 Å². The van der Waals surface area contributed by atoms with Gasteiger partial charge in [0, 0.05) is 23.6 Å². The van der Waals surface area contributed by atoms with Gasteiger partial charge in [0.15, 0.2) is 5.69 Å². The number of carboxylic acid groups (broad SMARTS) is 1. The van der Waals surface area contributed by atoms with E-state index in [-0.39, 0.29) is 16.8 Å². The van der Waals surface area contributed by atoms with Crippen LogP contribution in [0.5, 0.6) is 0 Å². The molecule has 1 unspecified atom stereocenters. The number of nitrogens with zero attached hydrogens (tertiary/aromatic N) is 1. The van der Waals surface area contributed by atoms with Gasteiger partial charge in [0.2, 0.25) is 0 Å². The molecule has 0 aromatic heterocycles. The highest BCUT2D eigenvalue weighted by Crippen LogP contribution is 2.41. The van der Waals surface area contributed by atoms with Crippen LogP contribution >= 0.6 is 0 Å². The summed E-state index contributed by atoms with van der Waals surface area (Å²) in [5, 5.41) is 9.07. The third-order valence-electron chi connectivity index (χ3n) is 4.42. The molecule has 1 heterocycles. The fourth-order valence-electron chi connectivity index (χ4n) is 3.22. The maximum absolute atomic E-state index is 13.0. The van der Waals surface area contributed by atoms with Gasteiger partial charge in [0.1, 0.15) is 18.3 Å². The average molecular weight is 332 g/mol. The largest absolute Gasteiger partial charge is 0.480 e. The second-order valence-corrected chi connectivity index (χ2v) is 6.97. The normalized spacial score (nSPS) is 22.0. The van der Waals surface area contributed by atoms with Crippen molar-refractivity contribution in [3.63, 3.8) is 0 Å². The fourth-order valence-corrected chi connectivity index (χ4v) is 3.22. The van der Waals surface area contributed by atoms with Gasteiger partial charge >= 0.3 is 11.9 Å². The first-order valence-electron chi connectivity index (χ1n) is 8.13. The van der Waals surface area contributed by atoms with E-state index < -0.39 is 18.1 Å². The van der Waals surface area contributed by atoms with Crippen molar-refractivity contribution in [3.8, 4) is 0 Å². The first-order valence-corrected chi connectivity index (χ1v) is 8.13. The average Bonchev–Trinajstić information content (AvgIpc) is 2.80. The molecule has 1 aliphatic rings. The smallest absolute Gasteiger partial charge is 0.339 e. The van der Waals surface area contributed by atoms with E-state index in [1.54, 1.807) is 13.2 Å². The van der Waals surface area contributed by atoms with E-state index in [1.807, 2.05) is 38.1 Å². The third kappa shape index (κ3) is 3.40. The van der Waals surface area contributed by atoms with Crippen LogP contribution < -0.4 is 16.0 Å². The van der Waals surface area contributed by atoms with Gasteiger partial charge < -0.3 is 16.6 Å². The van der Waals surface area contributed by atoms with Crippen LogP contribution in [0.2, 0.25) is 0 Å². The second kappa shape index (κ2) is 6.84. The molecule has 6 nitrogen and oxygen atoms in total. The van der Waals surface area contributed by atoms with Crippen LogP contribution in [0.3, 0.4) is 0 Å². The summed E-state index contributed by atoms with van der Waals surface area (Å²) in [5.74, 6) is -0.843. The minimum absolute atomic E-state index is 0.0499. The molecule has 0 saturated carbocycles. The Labute approximate surface area is 142 Å². The number of rotatable bonds is 6. The molecule has 5 N–H and O–H groups in total. The van der Waals surface area contributed by atoms with Crippen LogP contribution in [0, 0.1) is 5.92 Å². The molecule has 0 fully saturated rings. The Kier molecular flexibility index (Phi) is 5.22. The molecule has 130 valence electrons. The van der Waals surface area contributed by atoms with Crippen molar-refractivity contribution >= 4 is 23.1 Å². The van der Waals surface area contributed by atoms with Crippen molar-refractivity contribution in [1.29, 1.82) is 0 Å². The Morgan fingerprint density at radius 1 is 1.17 bits per heavy atom. The van der Waals surface area contributed by atoms with Gasteiger partial charge in [-0.05, 0) is 18.4 Å². The van der Waals surface area contributed by atoms with E-state index in [1.165, 1.54) is 0 Å². The van der Waals surface area contributed by atoms with Crippen LogP contribution in [0.25, 0.3) is 5.57 Å². The van der Waals surface area contributed by atoms with E-state index in [9.17, 15) is 9.59 Å². The number of carboxylic acids is 1. The van der Waals surface area contributed by atoms with Gasteiger partial charge in [-0.2, -0.15) is 0 Å². The van der Waals surface area contributed by atoms with Crippen LogP contribution in [0.4, 0.5) is 5.69 Å². The summed E-state index contributed by atoms with van der Waals surface area (Å²) in [5.41, 5.74) is 14.3. The van der Waals surface area contributed by atoms with E-state index in [2.05, 4.69) is 0 Å². The molecule has 3 atom stereocenters. The number of benzene rings is 1. The van der Waals surface area contributed by atoms with Crippen molar-refractivity contribution in [2.45, 2.75) is 38.8 Å². The standard InChI is InChI=1S/C18H25N3O3/c1-11(2)8-14(19)17(22)21(3)10-12(9-15(20)18(23)24)13-6-4-5-7-16(13)21/h4-7,10-11,14-15H,8-9,19-20H2,1-3H3/p+1/t14-,15+,21?/m0/s1. The lowest BCUT2D eigenvalue weighted by atomic mass is 10.0. The number of likely N-dealkylation sites (N-methyl/N-ethyl adjacent to an activating group) is 1. The maximum Gasteiger partial charge on any atom is 0.339 e. The predicted octanol–water partition coefficient (Wildman–Crippen LogP) is 1.68. The maximum atomic E-state index is 13.0. The Morgan fingerprint density at radius 2 is 1.79 bits per heavy atom. The topological polar surface area (TPSA) is 106 Å². The van der Waals surface area contributed by atoms with Gasteiger partial charge in [-0.25, -0.2) is 9.28 Å². The highest BCUT2D eigenvalue weighted by Gasteiger charge is 2.44. The summed E-state index contributed by atoms with van der Waals surface area (Å²) in [6.45, 7) is 4.05. The first-order chi connectivity index (χ1) is 11.2. The quantitative estimate of drug-likeness (QED) is 0.687. The summed E-state index contributed by atoms with van der Waals surface area (Å²) in [6.07, 6.45) is 2.57. The summed E-state index contributed by atoms with van der Waals surface area (Å²) in [7, 11) is 1.79. The Morgan fingerprint density at radius 3 is 2.38 bits per heavy atom. The third-order valence-corrected chi connectivity index (χ3v) is 4.42. The summed E-state index contributed by atoms with van der Waals surface area (Å²) in [6, 6.07) is 5.92. The van der Waals surface area contributed by atoms with Gasteiger partial charge in [-0.3, -0.25) is 4.79 Å². The first kappa shape index (κ1) is 18.3. The van der Waals surface area contributed by atoms with Crippen molar-refractivity contribution in [1.82, 2.24) is 4.48 Å². The van der Waals surface area contributed by atoms with E-state index in [0.717, 1.165) is 16.8 Å². The minimum atomic E-state index is -1.06. The molecule has 1 aliphatic heterocycles. The Hall–Kier alpha value is -2.02. The molecule has 24 heavy (non-hydrogen) atoms. The zero-order valence-corrected chi connectivity index (χ0v) is 14.4. The number of para-hydroxylation sites is 1. The highest BCUT2D eigenvalue weighted by atomic mass is 16.4. The monoisotopic (exact) mass is 332 g/mol. The lowest BCUT2D eigenvalue weighted by Gasteiger charge is -2.27. The lowest BCUT2D eigenvalue weighted by Crippen LogP contribution is -2.53. The lowest BCUT2D eigenvalue weighted by molar-refractivity contribution is -0.138. The van der Waals surface area contributed by atoms with Crippen LogP contribution in [0.1, 0.15) is 32.3 Å². The van der Waals surface area contributed by atoms with Gasteiger partial charge in [-0.15, -0.1) is 0 Å². The number of fused-ring (bicyclic) bond motifs is 1. The number of hydrogen-bond donors (Lipinski definition) is 3. The molecule has 0 spiro atoms. The Balaban J connectivity index is 2.40. The zero-order valence-electron chi connectivity index (χ0n) is 14.4. The molecule has 1 aromatic rings. The Bertz CT molecular complexity index is 684. The number of aliphatic carboxylic acids is 1. The van der Waals surface area contributed by atoms with E-state index in [4.69, 9.17) is 16.6 Å². The SMILES string of the molecule is CC(C)C[C@H](N)C(=O)[N+]1(C)C=C(C[C@@H](N)C(=O)O)c2ccccc21. The summed E-state index contributed by atoms with van der Waals surface area (Å²) < 4.78 is -0.0499. The molecular formula is C18H26N3O3+. The fraction of sp³-hybridized carbons (Fsp3) is 0.444. The molecular weight excluding hydrogens is 306 g/mol. The molecule has 0 saturated heterocycles. The van der Waals surface area contributed by atoms with E-state index in [0.29, 0.717) is 12.3 Å². The van der Waals surface area contributed by atoms with Crippen LogP contribution in [-0.2, 0) is 9.59 Å². The van der Waals surface area contributed by atoms with Crippen LogP contribution in [0.15, 0.2) is 30.5 Å². The number of nitrogens with two attached hydrogens (primary N) is 2. The summed E-state index contributed by atoms with van der Waals surface area (Å²) in [4.78, 5) is 24.1. The molecule has 1 aromatic carbocycles.